The quantitative estimate of drug-likeness (QED) is 0.696. The number of aromatic hydroxyl groups is 2. The van der Waals surface area contributed by atoms with Crippen molar-refractivity contribution in [3.63, 3.8) is 0 Å². The van der Waals surface area contributed by atoms with E-state index in [1.165, 1.54) is 0 Å². The summed E-state index contributed by atoms with van der Waals surface area (Å²) in [5, 5.41) is 22.7. The molecule has 3 rings (SSSR count). The molecule has 0 aromatic heterocycles. The lowest BCUT2D eigenvalue weighted by Crippen LogP contribution is -2.28. The molecule has 1 unspecified atom stereocenters. The van der Waals surface area contributed by atoms with Crippen LogP contribution in [0.4, 0.5) is 0 Å². The van der Waals surface area contributed by atoms with Crippen molar-refractivity contribution >= 4 is 22.8 Å². The number of benzene rings is 1. The molecule has 5 heteroatoms. The van der Waals surface area contributed by atoms with Crippen LogP contribution in [0.5, 0.6) is 11.5 Å². The second kappa shape index (κ2) is 5.18. The summed E-state index contributed by atoms with van der Waals surface area (Å²) in [4.78, 5) is 4.47. The number of nitrogens with zero attached hydrogens (tertiary/aromatic N) is 1. The molecule has 1 aliphatic heterocycles. The summed E-state index contributed by atoms with van der Waals surface area (Å²) in [7, 11) is 0. The zero-order valence-corrected chi connectivity index (χ0v) is 11.7. The molecular formula is C13H17BrN2O2. The lowest BCUT2D eigenvalue weighted by Gasteiger charge is -2.26. The molecular weight excluding hydrogens is 296 g/mol. The monoisotopic (exact) mass is 312 g/mol. The molecule has 0 spiro atoms. The third-order valence-corrected chi connectivity index (χ3v) is 3.62. The third kappa shape index (κ3) is 2.07. The Labute approximate surface area is 117 Å². The van der Waals surface area contributed by atoms with Crippen LogP contribution < -0.4 is 5.32 Å². The highest BCUT2D eigenvalue weighted by atomic mass is 79.9. The van der Waals surface area contributed by atoms with Gasteiger partial charge in [0.2, 0.25) is 0 Å². The molecule has 0 saturated carbocycles. The van der Waals surface area contributed by atoms with Gasteiger partial charge in [0.25, 0.3) is 0 Å². The van der Waals surface area contributed by atoms with Gasteiger partial charge in [-0.25, -0.2) is 0 Å². The first-order valence-electron chi connectivity index (χ1n) is 6.09. The van der Waals surface area contributed by atoms with Gasteiger partial charge in [-0.3, -0.25) is 4.99 Å². The van der Waals surface area contributed by atoms with Crippen LogP contribution in [0.1, 0.15) is 29.9 Å². The van der Waals surface area contributed by atoms with Crippen LogP contribution in [-0.2, 0) is 6.42 Å². The summed E-state index contributed by atoms with van der Waals surface area (Å²) in [5.41, 5.74) is 2.00. The van der Waals surface area contributed by atoms with Gasteiger partial charge < -0.3 is 15.5 Å². The minimum Gasteiger partial charge on any atom is -0.504 e. The first-order valence-corrected chi connectivity index (χ1v) is 6.09. The summed E-state index contributed by atoms with van der Waals surface area (Å²) in [6.07, 6.45) is 2.91. The van der Waals surface area contributed by atoms with Gasteiger partial charge in [0.05, 0.1) is 6.54 Å². The number of hydrogen-bond donors (Lipinski definition) is 3. The maximum Gasteiger partial charge on any atom is 0.160 e. The Morgan fingerprint density at radius 1 is 1.28 bits per heavy atom. The molecule has 0 fully saturated rings. The van der Waals surface area contributed by atoms with E-state index in [0.717, 1.165) is 49.3 Å². The number of rotatable bonds is 1. The zero-order valence-electron chi connectivity index (χ0n) is 10.0. The topological polar surface area (TPSA) is 64.8 Å². The van der Waals surface area contributed by atoms with Gasteiger partial charge in [-0.1, -0.05) is 6.07 Å². The minimum absolute atomic E-state index is 0. The Morgan fingerprint density at radius 2 is 2.11 bits per heavy atom. The summed E-state index contributed by atoms with van der Waals surface area (Å²) >= 11 is 0. The summed E-state index contributed by atoms with van der Waals surface area (Å²) in [5.74, 6) is 1.32. The van der Waals surface area contributed by atoms with Crippen molar-refractivity contribution in [3.8, 4) is 11.5 Å². The molecule has 0 radical (unpaired) electrons. The molecule has 1 aromatic carbocycles. The van der Waals surface area contributed by atoms with Crippen molar-refractivity contribution in [1.29, 1.82) is 0 Å². The first kappa shape index (κ1) is 13.2. The Morgan fingerprint density at radius 3 is 2.83 bits per heavy atom. The van der Waals surface area contributed by atoms with E-state index < -0.39 is 0 Å². The van der Waals surface area contributed by atoms with Crippen molar-refractivity contribution in [2.45, 2.75) is 25.2 Å². The van der Waals surface area contributed by atoms with Crippen molar-refractivity contribution in [1.82, 2.24) is 5.32 Å². The third-order valence-electron chi connectivity index (χ3n) is 3.62. The molecule has 2 aliphatic rings. The van der Waals surface area contributed by atoms with E-state index in [4.69, 9.17) is 0 Å². The van der Waals surface area contributed by atoms with Crippen LogP contribution in [0.25, 0.3) is 0 Å². The number of halogens is 1. The Hall–Kier alpha value is -1.23. The smallest absolute Gasteiger partial charge is 0.160 e. The summed E-state index contributed by atoms with van der Waals surface area (Å²) in [6.45, 7) is 1.75. The molecule has 1 atom stereocenters. The molecule has 3 N–H and O–H groups in total. The molecule has 1 aliphatic carbocycles. The number of hydrogen-bond acceptors (Lipinski definition) is 4. The predicted molar refractivity (Wildman–Crippen MR) is 76.1 cm³/mol. The van der Waals surface area contributed by atoms with Crippen LogP contribution in [0.3, 0.4) is 0 Å². The average molecular weight is 313 g/mol. The highest BCUT2D eigenvalue weighted by molar-refractivity contribution is 8.93. The van der Waals surface area contributed by atoms with E-state index in [1.807, 2.05) is 6.07 Å². The molecule has 4 nitrogen and oxygen atoms in total. The minimum atomic E-state index is -0.0225. The van der Waals surface area contributed by atoms with Crippen LogP contribution in [0, 0.1) is 0 Å². The molecule has 0 bridgehead atoms. The van der Waals surface area contributed by atoms with Gasteiger partial charge in [-0.2, -0.15) is 0 Å². The number of phenols is 2. The van der Waals surface area contributed by atoms with Crippen molar-refractivity contribution in [2.24, 2.45) is 4.99 Å². The van der Waals surface area contributed by atoms with Gasteiger partial charge in [0.1, 0.15) is 5.84 Å². The number of amidine groups is 1. The molecule has 0 saturated heterocycles. The van der Waals surface area contributed by atoms with Crippen LogP contribution in [0.2, 0.25) is 0 Å². The number of fused-ring (bicyclic) bond motifs is 1. The van der Waals surface area contributed by atoms with E-state index in [2.05, 4.69) is 10.3 Å². The summed E-state index contributed by atoms with van der Waals surface area (Å²) < 4.78 is 0. The van der Waals surface area contributed by atoms with Gasteiger partial charge >= 0.3 is 0 Å². The fourth-order valence-corrected chi connectivity index (χ4v) is 2.80. The van der Waals surface area contributed by atoms with Crippen LogP contribution >= 0.6 is 17.0 Å². The normalized spacial score (nSPS) is 21.6. The SMILES string of the molecule is Br.Oc1ccc2c(c1O)CCCC2C1=NCCN1. The fourth-order valence-electron chi connectivity index (χ4n) is 2.80. The van der Waals surface area contributed by atoms with Crippen molar-refractivity contribution < 1.29 is 10.2 Å². The highest BCUT2D eigenvalue weighted by Crippen LogP contribution is 2.41. The number of aliphatic imine (C=N–C) groups is 1. The van der Waals surface area contributed by atoms with E-state index in [-0.39, 0.29) is 34.4 Å². The lowest BCUT2D eigenvalue weighted by atomic mass is 9.81. The maximum atomic E-state index is 9.89. The van der Waals surface area contributed by atoms with Crippen molar-refractivity contribution in [2.75, 3.05) is 13.1 Å². The number of phenolic OH excluding ortho intramolecular Hbond substituents is 2. The highest BCUT2D eigenvalue weighted by Gasteiger charge is 2.28. The molecule has 98 valence electrons. The van der Waals surface area contributed by atoms with E-state index in [9.17, 15) is 10.2 Å². The largest absolute Gasteiger partial charge is 0.504 e. The molecule has 0 amide bonds. The second-order valence-corrected chi connectivity index (χ2v) is 4.64. The van der Waals surface area contributed by atoms with Gasteiger partial charge in [0, 0.05) is 18.0 Å². The van der Waals surface area contributed by atoms with E-state index in [1.54, 1.807) is 6.07 Å². The summed E-state index contributed by atoms with van der Waals surface area (Å²) in [6, 6.07) is 3.48. The van der Waals surface area contributed by atoms with E-state index in [0.29, 0.717) is 0 Å². The van der Waals surface area contributed by atoms with Crippen LogP contribution in [-0.4, -0.2) is 29.1 Å². The standard InChI is InChI=1S/C13H16N2O2.BrH/c16-11-5-4-8-9(12(11)17)2-1-3-10(8)13-14-6-7-15-13;/h4-5,10,16-17H,1-3,6-7H2,(H,14,15);1H. The average Bonchev–Trinajstić information content (AvgIpc) is 2.87. The predicted octanol–water partition coefficient (Wildman–Crippen LogP) is 2.10. The van der Waals surface area contributed by atoms with Gasteiger partial charge in [-0.05, 0) is 30.9 Å². The van der Waals surface area contributed by atoms with Crippen LogP contribution in [0.15, 0.2) is 17.1 Å². The van der Waals surface area contributed by atoms with Gasteiger partial charge in [-0.15, -0.1) is 17.0 Å². The van der Waals surface area contributed by atoms with E-state index >= 15 is 0 Å². The zero-order chi connectivity index (χ0) is 11.8. The molecule has 18 heavy (non-hydrogen) atoms. The fraction of sp³-hybridized carbons (Fsp3) is 0.462. The Kier molecular flexibility index (Phi) is 3.80. The molecule has 1 heterocycles. The number of nitrogens with one attached hydrogen (secondary N) is 1. The maximum absolute atomic E-state index is 9.89. The molecule has 1 aromatic rings. The Bertz CT molecular complexity index is 488. The Balaban J connectivity index is 0.00000120. The second-order valence-electron chi connectivity index (χ2n) is 4.64. The van der Waals surface area contributed by atoms with Gasteiger partial charge in [0.15, 0.2) is 11.5 Å². The lowest BCUT2D eigenvalue weighted by molar-refractivity contribution is 0.395. The first-order chi connectivity index (χ1) is 8.27. The van der Waals surface area contributed by atoms with Crippen molar-refractivity contribution in [3.05, 3.63) is 23.3 Å².